The smallest absolute Gasteiger partial charge is 0.271 e. The monoisotopic (exact) mass is 216 g/mol. The zero-order valence-corrected chi connectivity index (χ0v) is 9.05. The highest BCUT2D eigenvalue weighted by Gasteiger charge is 2.18. The number of anilines is 1. The van der Waals surface area contributed by atoms with Gasteiger partial charge in [0.2, 0.25) is 0 Å². The van der Waals surface area contributed by atoms with Crippen molar-refractivity contribution < 1.29 is 8.42 Å². The largest absolute Gasteiger partial charge is 0.397 e. The normalized spacial score (nSPS) is 11.6. The number of rotatable bonds is 1. The van der Waals surface area contributed by atoms with E-state index in [2.05, 4.69) is 0 Å². The Labute approximate surface area is 82.1 Å². The molecule has 0 radical (unpaired) electrons. The molecule has 6 heteroatoms. The lowest BCUT2D eigenvalue weighted by Gasteiger charge is -2.08. The zero-order valence-electron chi connectivity index (χ0n) is 8.23. The van der Waals surface area contributed by atoms with Crippen LogP contribution >= 0.6 is 0 Å². The van der Waals surface area contributed by atoms with E-state index in [1.54, 1.807) is 6.92 Å². The van der Waals surface area contributed by atoms with Crippen LogP contribution < -0.4 is 11.3 Å². The zero-order chi connectivity index (χ0) is 11.1. The van der Waals surface area contributed by atoms with Crippen molar-refractivity contribution in [1.82, 2.24) is 4.57 Å². The summed E-state index contributed by atoms with van der Waals surface area (Å²) in [4.78, 5) is 11.2. The Morgan fingerprint density at radius 1 is 1.43 bits per heavy atom. The molecule has 1 heterocycles. The lowest BCUT2D eigenvalue weighted by Crippen LogP contribution is -2.26. The summed E-state index contributed by atoms with van der Waals surface area (Å²) in [6, 6.07) is 1.47. The second kappa shape index (κ2) is 3.13. The van der Waals surface area contributed by atoms with Crippen molar-refractivity contribution in [3.63, 3.8) is 0 Å². The topological polar surface area (TPSA) is 82.2 Å². The number of sulfone groups is 1. The molecular weight excluding hydrogens is 204 g/mol. The fraction of sp³-hybridized carbons (Fsp3) is 0.375. The first kappa shape index (κ1) is 10.8. The summed E-state index contributed by atoms with van der Waals surface area (Å²) < 4.78 is 23.7. The van der Waals surface area contributed by atoms with Crippen LogP contribution in [0.25, 0.3) is 0 Å². The summed E-state index contributed by atoms with van der Waals surface area (Å²) in [5.41, 5.74) is 5.54. The summed E-state index contributed by atoms with van der Waals surface area (Å²) >= 11 is 0. The van der Waals surface area contributed by atoms with E-state index < -0.39 is 15.4 Å². The van der Waals surface area contributed by atoms with E-state index in [0.29, 0.717) is 5.69 Å². The van der Waals surface area contributed by atoms with Gasteiger partial charge < -0.3 is 10.3 Å². The fourth-order valence-corrected chi connectivity index (χ4v) is 2.14. The molecule has 0 unspecified atom stereocenters. The van der Waals surface area contributed by atoms with E-state index in [1.807, 2.05) is 0 Å². The molecule has 0 aliphatic carbocycles. The molecule has 0 aromatic carbocycles. The van der Waals surface area contributed by atoms with Crippen molar-refractivity contribution in [3.8, 4) is 0 Å². The van der Waals surface area contributed by atoms with Crippen molar-refractivity contribution in [1.29, 1.82) is 0 Å². The van der Waals surface area contributed by atoms with E-state index in [0.717, 1.165) is 6.26 Å². The quantitative estimate of drug-likeness (QED) is 0.697. The molecule has 0 aliphatic heterocycles. The standard InChI is InChI=1S/C8H12N2O3S/c1-5-4-6(9)7(14(3,12)13)8(11)10(5)2/h4H,9H2,1-3H3. The van der Waals surface area contributed by atoms with Gasteiger partial charge in [-0.3, -0.25) is 4.79 Å². The molecule has 0 aliphatic rings. The highest BCUT2D eigenvalue weighted by atomic mass is 32.2. The Hall–Kier alpha value is -1.30. The van der Waals surface area contributed by atoms with Crippen LogP contribution in [0.1, 0.15) is 5.69 Å². The van der Waals surface area contributed by atoms with Crippen LogP contribution in [0.15, 0.2) is 15.8 Å². The van der Waals surface area contributed by atoms with Crippen molar-refractivity contribution in [2.24, 2.45) is 7.05 Å². The van der Waals surface area contributed by atoms with Crippen LogP contribution in [0.3, 0.4) is 0 Å². The minimum absolute atomic E-state index is 0.00750. The van der Waals surface area contributed by atoms with Gasteiger partial charge >= 0.3 is 0 Å². The summed E-state index contributed by atoms with van der Waals surface area (Å²) in [5.74, 6) is 0. The van der Waals surface area contributed by atoms with Gasteiger partial charge in [0.15, 0.2) is 14.7 Å². The number of aromatic nitrogens is 1. The minimum atomic E-state index is -3.56. The van der Waals surface area contributed by atoms with E-state index in [-0.39, 0.29) is 10.6 Å². The third-order valence-electron chi connectivity index (χ3n) is 2.03. The van der Waals surface area contributed by atoms with Crippen molar-refractivity contribution in [2.75, 3.05) is 12.0 Å². The van der Waals surface area contributed by atoms with Crippen LogP contribution in [0.5, 0.6) is 0 Å². The first-order chi connectivity index (χ1) is 6.25. The van der Waals surface area contributed by atoms with Crippen LogP contribution in [-0.4, -0.2) is 19.2 Å². The Kier molecular flexibility index (Phi) is 2.41. The molecule has 0 spiro atoms. The Morgan fingerprint density at radius 3 is 2.36 bits per heavy atom. The number of nitrogens with two attached hydrogens (primary N) is 1. The predicted octanol–water partition coefficient (Wildman–Crippen LogP) is -0.321. The lowest BCUT2D eigenvalue weighted by molar-refractivity contribution is 0.599. The molecule has 0 fully saturated rings. The average molecular weight is 216 g/mol. The molecular formula is C8H12N2O3S. The van der Waals surface area contributed by atoms with Crippen molar-refractivity contribution >= 4 is 15.5 Å². The van der Waals surface area contributed by atoms with Crippen LogP contribution in [0.4, 0.5) is 5.69 Å². The number of aryl methyl sites for hydroxylation is 1. The van der Waals surface area contributed by atoms with Gasteiger partial charge in [0.05, 0.1) is 5.69 Å². The SMILES string of the molecule is Cc1cc(N)c(S(C)(=O)=O)c(=O)n1C. The van der Waals surface area contributed by atoms with Gasteiger partial charge in [0.1, 0.15) is 0 Å². The molecule has 1 aromatic rings. The number of hydrogen-bond acceptors (Lipinski definition) is 4. The Balaban J connectivity index is 3.80. The van der Waals surface area contributed by atoms with Gasteiger partial charge in [-0.1, -0.05) is 0 Å². The maximum Gasteiger partial charge on any atom is 0.271 e. The summed E-state index contributed by atoms with van der Waals surface area (Å²) in [5, 5.41) is 0. The number of nitrogen functional groups attached to an aromatic ring is 1. The maximum atomic E-state index is 11.6. The Morgan fingerprint density at radius 2 is 1.93 bits per heavy atom. The maximum absolute atomic E-state index is 11.6. The highest BCUT2D eigenvalue weighted by molar-refractivity contribution is 7.90. The summed E-state index contributed by atoms with van der Waals surface area (Å²) in [7, 11) is -2.06. The highest BCUT2D eigenvalue weighted by Crippen LogP contribution is 2.13. The second-order valence-corrected chi connectivity index (χ2v) is 5.16. The molecule has 5 nitrogen and oxygen atoms in total. The fourth-order valence-electron chi connectivity index (χ4n) is 1.20. The third kappa shape index (κ3) is 1.65. The first-order valence-corrected chi connectivity index (χ1v) is 5.80. The van der Waals surface area contributed by atoms with Crippen LogP contribution in [0, 0.1) is 6.92 Å². The molecule has 1 aromatic heterocycles. The lowest BCUT2D eigenvalue weighted by atomic mass is 10.3. The van der Waals surface area contributed by atoms with Crippen LogP contribution in [0.2, 0.25) is 0 Å². The van der Waals surface area contributed by atoms with Gasteiger partial charge in [-0.15, -0.1) is 0 Å². The van der Waals surface area contributed by atoms with Gasteiger partial charge in [-0.2, -0.15) is 0 Å². The first-order valence-electron chi connectivity index (χ1n) is 3.91. The molecule has 78 valence electrons. The second-order valence-electron chi connectivity index (χ2n) is 3.21. The molecule has 2 N–H and O–H groups in total. The van der Waals surface area contributed by atoms with Gasteiger partial charge in [-0.25, -0.2) is 8.42 Å². The van der Waals surface area contributed by atoms with Gasteiger partial charge in [0, 0.05) is 19.0 Å². The summed E-state index contributed by atoms with van der Waals surface area (Å²) in [6.45, 7) is 1.68. The number of nitrogens with zero attached hydrogens (tertiary/aromatic N) is 1. The van der Waals surface area contributed by atoms with Crippen LogP contribution in [-0.2, 0) is 16.9 Å². The molecule has 0 saturated heterocycles. The molecule has 0 amide bonds. The molecule has 0 atom stereocenters. The third-order valence-corrected chi connectivity index (χ3v) is 3.18. The van der Waals surface area contributed by atoms with E-state index in [1.165, 1.54) is 17.7 Å². The van der Waals surface area contributed by atoms with E-state index in [9.17, 15) is 13.2 Å². The Bertz CT molecular complexity index is 528. The van der Waals surface area contributed by atoms with E-state index in [4.69, 9.17) is 5.73 Å². The van der Waals surface area contributed by atoms with Crippen molar-refractivity contribution in [2.45, 2.75) is 11.8 Å². The van der Waals surface area contributed by atoms with Gasteiger partial charge in [0.25, 0.3) is 5.56 Å². The number of hydrogen-bond donors (Lipinski definition) is 1. The van der Waals surface area contributed by atoms with Crippen molar-refractivity contribution in [3.05, 3.63) is 22.1 Å². The molecule has 0 bridgehead atoms. The van der Waals surface area contributed by atoms with E-state index >= 15 is 0 Å². The van der Waals surface area contributed by atoms with Gasteiger partial charge in [-0.05, 0) is 13.0 Å². The molecule has 1 rings (SSSR count). The molecule has 14 heavy (non-hydrogen) atoms. The molecule has 0 saturated carbocycles. The number of pyridine rings is 1. The predicted molar refractivity (Wildman–Crippen MR) is 53.9 cm³/mol. The average Bonchev–Trinajstić information content (AvgIpc) is 1.97. The minimum Gasteiger partial charge on any atom is -0.397 e. The summed E-state index contributed by atoms with van der Waals surface area (Å²) in [6.07, 6.45) is 0.968.